The maximum atomic E-state index is 7.65. The molecule has 0 spiro atoms. The summed E-state index contributed by atoms with van der Waals surface area (Å²) in [5.41, 5.74) is 0. The molecule has 0 nitrogen and oxygen atoms in total. The molecule has 2 aromatic carbocycles. The molecule has 0 aliphatic heterocycles. The van der Waals surface area contributed by atoms with E-state index in [-0.39, 0.29) is 0 Å². The molecule has 148 valence electrons. The van der Waals surface area contributed by atoms with Crippen molar-refractivity contribution < 1.29 is 0 Å². The Hall–Kier alpha value is -0.402. The summed E-state index contributed by atoms with van der Waals surface area (Å²) in [4.78, 5) is 0. The summed E-state index contributed by atoms with van der Waals surface area (Å²) in [7, 11) is -7.50. The van der Waals surface area contributed by atoms with Crippen LogP contribution in [0.15, 0.2) is 60.7 Å². The van der Waals surface area contributed by atoms with Gasteiger partial charge in [0.1, 0.15) is 15.5 Å². The molecule has 0 fully saturated rings. The molecule has 0 aliphatic carbocycles. The Morgan fingerprint density at radius 1 is 0.556 bits per heavy atom. The Balaban J connectivity index is 3.11. The first-order chi connectivity index (χ1) is 12.2. The van der Waals surface area contributed by atoms with Crippen molar-refractivity contribution in [3.63, 3.8) is 0 Å². The van der Waals surface area contributed by atoms with Gasteiger partial charge in [-0.1, -0.05) is 130 Å². The molecule has 0 N–H and O–H groups in total. The quantitative estimate of drug-likeness (QED) is 0.356. The van der Waals surface area contributed by atoms with Crippen LogP contribution in [0.1, 0.15) is 0 Å². The monoisotopic (exact) mass is 448 g/mol. The van der Waals surface area contributed by atoms with E-state index in [1.54, 1.807) is 10.4 Å². The van der Waals surface area contributed by atoms with Crippen LogP contribution in [-0.4, -0.2) is 31.6 Å². The Kier molecular flexibility index (Phi) is 6.31. The summed E-state index contributed by atoms with van der Waals surface area (Å²) in [5.74, 6) is 0. The van der Waals surface area contributed by atoms with E-state index in [1.807, 2.05) is 0 Å². The first kappa shape index (κ1) is 22.9. The van der Waals surface area contributed by atoms with Crippen molar-refractivity contribution >= 4 is 53.1 Å². The fourth-order valence-electron chi connectivity index (χ4n) is 7.15. The lowest BCUT2D eigenvalue weighted by Gasteiger charge is -2.65. The van der Waals surface area contributed by atoms with Gasteiger partial charge >= 0.3 is 0 Å². The molecule has 0 amide bonds. The highest BCUT2D eigenvalue weighted by atomic mass is 35.6. The Bertz CT molecular complexity index is 677. The predicted molar refractivity (Wildman–Crippen MR) is 136 cm³/mol. The van der Waals surface area contributed by atoms with E-state index in [1.165, 1.54) is 0 Å². The summed E-state index contributed by atoms with van der Waals surface area (Å²) >= 11 is 7.65. The van der Waals surface area contributed by atoms with Crippen LogP contribution >= 0.6 is 11.1 Å². The largest absolute Gasteiger partial charge is 0.168 e. The van der Waals surface area contributed by atoms with Gasteiger partial charge in [-0.2, -0.15) is 11.1 Å². The van der Waals surface area contributed by atoms with E-state index < -0.39 is 31.6 Å². The van der Waals surface area contributed by atoms with Crippen LogP contribution in [-0.2, 0) is 0 Å². The fraction of sp³-hybridized carbons (Fsp3) is 0.455. The maximum Gasteiger partial charge on any atom is 0.149 e. The van der Waals surface area contributed by atoms with Gasteiger partial charge in [0.2, 0.25) is 0 Å². The van der Waals surface area contributed by atoms with Crippen molar-refractivity contribution in [2.45, 2.75) is 62.8 Å². The molecule has 27 heavy (non-hydrogen) atoms. The SMILES string of the molecule is C[Si](C)(C)C([Si](C)(C)C)([Si](C)(C)Cl)[Si](C)(c1ccccc1)c1ccccc1. The molecule has 0 heterocycles. The van der Waals surface area contributed by atoms with E-state index in [0.29, 0.717) is 3.91 Å². The van der Waals surface area contributed by atoms with Crippen molar-refractivity contribution in [3.8, 4) is 0 Å². The summed E-state index contributed by atoms with van der Waals surface area (Å²) in [6, 6.07) is 22.8. The first-order valence-electron chi connectivity index (χ1n) is 10.0. The van der Waals surface area contributed by atoms with Gasteiger partial charge in [0, 0.05) is 16.1 Å². The Morgan fingerprint density at radius 2 is 0.852 bits per heavy atom. The van der Waals surface area contributed by atoms with Gasteiger partial charge in [-0.15, -0.1) is 0 Å². The van der Waals surface area contributed by atoms with Crippen LogP contribution in [0, 0.1) is 0 Å². The van der Waals surface area contributed by atoms with Gasteiger partial charge in [0.05, 0.1) is 0 Å². The normalized spacial score (nSPS) is 14.3. The number of benzene rings is 2. The summed E-state index contributed by atoms with van der Waals surface area (Å²) in [6.07, 6.45) is 0. The minimum atomic E-state index is -2.13. The highest BCUT2D eigenvalue weighted by Gasteiger charge is 2.71. The smallest absolute Gasteiger partial charge is 0.149 e. The lowest BCUT2D eigenvalue weighted by atomic mass is 10.4. The highest BCUT2D eigenvalue weighted by Crippen LogP contribution is 2.60. The van der Waals surface area contributed by atoms with E-state index in [4.69, 9.17) is 11.1 Å². The second kappa shape index (κ2) is 7.45. The molecule has 5 heteroatoms. The molecular formula is C22H37ClSi4. The van der Waals surface area contributed by atoms with Gasteiger partial charge in [-0.3, -0.25) is 0 Å². The first-order valence-corrected chi connectivity index (χ1v) is 23.5. The molecule has 2 rings (SSSR count). The molecule has 0 bridgehead atoms. The van der Waals surface area contributed by atoms with Crippen molar-refractivity contribution in [2.24, 2.45) is 0 Å². The van der Waals surface area contributed by atoms with Gasteiger partial charge in [-0.25, -0.2) is 0 Å². The van der Waals surface area contributed by atoms with Gasteiger partial charge in [0.15, 0.2) is 0 Å². The summed E-state index contributed by atoms with van der Waals surface area (Å²) in [6.45, 7) is 23.1. The number of hydrogen-bond donors (Lipinski definition) is 0. The van der Waals surface area contributed by atoms with E-state index in [9.17, 15) is 0 Å². The molecule has 0 aliphatic rings. The van der Waals surface area contributed by atoms with Gasteiger partial charge < -0.3 is 0 Å². The third-order valence-electron chi connectivity index (χ3n) is 6.59. The molecule has 0 unspecified atom stereocenters. The van der Waals surface area contributed by atoms with E-state index >= 15 is 0 Å². The third kappa shape index (κ3) is 3.52. The van der Waals surface area contributed by atoms with E-state index in [2.05, 4.69) is 120 Å². The van der Waals surface area contributed by atoms with Crippen LogP contribution in [0.5, 0.6) is 0 Å². The molecule has 0 saturated heterocycles. The zero-order chi connectivity index (χ0) is 20.7. The molecule has 0 atom stereocenters. The van der Waals surface area contributed by atoms with Crippen molar-refractivity contribution in [1.82, 2.24) is 0 Å². The van der Waals surface area contributed by atoms with Crippen molar-refractivity contribution in [3.05, 3.63) is 60.7 Å². The minimum absolute atomic E-state index is 0.296. The zero-order valence-electron chi connectivity index (χ0n) is 18.7. The average Bonchev–Trinajstić information content (AvgIpc) is 2.52. The summed E-state index contributed by atoms with van der Waals surface area (Å²) < 4.78 is 0.296. The molecular weight excluding hydrogens is 412 g/mol. The molecule has 0 aromatic heterocycles. The second-order valence-corrected chi connectivity index (χ2v) is 34.8. The zero-order valence-corrected chi connectivity index (χ0v) is 23.4. The topological polar surface area (TPSA) is 0 Å². The van der Waals surface area contributed by atoms with E-state index in [0.717, 1.165) is 0 Å². The number of halogens is 1. The predicted octanol–water partition coefficient (Wildman–Crippen LogP) is 6.36. The summed E-state index contributed by atoms with van der Waals surface area (Å²) in [5, 5.41) is 3.12. The van der Waals surface area contributed by atoms with Gasteiger partial charge in [-0.05, 0) is 3.91 Å². The molecule has 0 radical (unpaired) electrons. The Labute approximate surface area is 176 Å². The second-order valence-electron chi connectivity index (χ2n) is 10.6. The Morgan fingerprint density at radius 3 is 1.07 bits per heavy atom. The van der Waals surface area contributed by atoms with Gasteiger partial charge in [0.25, 0.3) is 0 Å². The van der Waals surface area contributed by atoms with Crippen LogP contribution in [0.2, 0.25) is 62.8 Å². The van der Waals surface area contributed by atoms with Crippen LogP contribution < -0.4 is 10.4 Å². The van der Waals surface area contributed by atoms with Crippen LogP contribution in [0.25, 0.3) is 0 Å². The molecule has 0 saturated carbocycles. The van der Waals surface area contributed by atoms with Crippen molar-refractivity contribution in [2.75, 3.05) is 0 Å². The number of hydrogen-bond acceptors (Lipinski definition) is 0. The molecule has 2 aromatic rings. The highest BCUT2D eigenvalue weighted by molar-refractivity contribution is 7.44. The maximum absolute atomic E-state index is 7.65. The minimum Gasteiger partial charge on any atom is -0.168 e. The lowest BCUT2D eigenvalue weighted by molar-refractivity contribution is 1.22. The number of rotatable bonds is 6. The van der Waals surface area contributed by atoms with Crippen molar-refractivity contribution in [1.29, 1.82) is 0 Å². The van der Waals surface area contributed by atoms with Crippen LogP contribution in [0.3, 0.4) is 0 Å². The fourth-order valence-corrected chi connectivity index (χ4v) is 59.5. The van der Waals surface area contributed by atoms with Crippen LogP contribution in [0.4, 0.5) is 0 Å². The third-order valence-corrected chi connectivity index (χ3v) is 43.3. The lowest BCUT2D eigenvalue weighted by Crippen LogP contribution is -2.82. The average molecular weight is 449 g/mol. The standard InChI is InChI=1S/C22H37ClSi4/c1-24(2,3)22(25(4,5)6,26(7,8)23)27(9,20-16-12-10-13-17-20)21-18-14-11-15-19-21/h10-19H,1-9H3.